The summed E-state index contributed by atoms with van der Waals surface area (Å²) in [6.07, 6.45) is 2.40. The van der Waals surface area contributed by atoms with Gasteiger partial charge in [0.15, 0.2) is 5.96 Å². The maximum Gasteiger partial charge on any atom is 0.223 e. The molecule has 0 unspecified atom stereocenters. The lowest BCUT2D eigenvalue weighted by Crippen LogP contribution is -2.42. The van der Waals surface area contributed by atoms with Crippen LogP contribution in [-0.4, -0.2) is 50.0 Å². The van der Waals surface area contributed by atoms with Gasteiger partial charge < -0.3 is 21.3 Å². The van der Waals surface area contributed by atoms with Crippen molar-refractivity contribution in [3.8, 4) is 0 Å². The van der Waals surface area contributed by atoms with E-state index in [0.29, 0.717) is 32.0 Å². The van der Waals surface area contributed by atoms with Crippen LogP contribution in [0.2, 0.25) is 0 Å². The van der Waals surface area contributed by atoms with E-state index in [4.69, 9.17) is 0 Å². The molecule has 0 aromatic carbocycles. The van der Waals surface area contributed by atoms with Crippen molar-refractivity contribution in [2.75, 3.05) is 26.2 Å². The molecule has 1 saturated carbocycles. The third-order valence-electron chi connectivity index (χ3n) is 3.07. The van der Waals surface area contributed by atoms with Crippen molar-refractivity contribution in [2.45, 2.75) is 46.1 Å². The number of halogens is 1. The first kappa shape index (κ1) is 21.9. The highest BCUT2D eigenvalue weighted by molar-refractivity contribution is 14.0. The van der Waals surface area contributed by atoms with E-state index in [9.17, 15) is 9.59 Å². The van der Waals surface area contributed by atoms with Crippen molar-refractivity contribution in [1.82, 2.24) is 21.3 Å². The highest BCUT2D eigenvalue weighted by Gasteiger charge is 2.28. The molecule has 1 fully saturated rings. The Morgan fingerprint density at radius 2 is 1.78 bits per heavy atom. The summed E-state index contributed by atoms with van der Waals surface area (Å²) in [5.41, 5.74) is 0. The standard InChI is InChI=1S/C15H29N5O2.HI/c1-4-16-15(18-8-7-13(21)20-11(2)3)19-10-9-17-14(22)12-5-6-12;/h11-12H,4-10H2,1-3H3,(H,17,22)(H,20,21)(H2,16,18,19);1H. The second kappa shape index (κ2) is 12.4. The molecule has 8 heteroatoms. The molecule has 23 heavy (non-hydrogen) atoms. The smallest absolute Gasteiger partial charge is 0.223 e. The zero-order valence-electron chi connectivity index (χ0n) is 14.3. The van der Waals surface area contributed by atoms with Crippen molar-refractivity contribution in [1.29, 1.82) is 0 Å². The Hall–Kier alpha value is -1.06. The van der Waals surface area contributed by atoms with Crippen molar-refractivity contribution >= 4 is 41.8 Å². The molecule has 1 aliphatic carbocycles. The fourth-order valence-electron chi connectivity index (χ4n) is 1.86. The van der Waals surface area contributed by atoms with Crippen molar-refractivity contribution in [3.63, 3.8) is 0 Å². The zero-order chi connectivity index (χ0) is 16.4. The fourth-order valence-corrected chi connectivity index (χ4v) is 1.86. The SMILES string of the molecule is CCNC(=NCCC(=O)NC(C)C)NCCNC(=O)C1CC1.I. The van der Waals surface area contributed by atoms with Gasteiger partial charge in [0, 0.05) is 38.0 Å². The predicted octanol–water partition coefficient (Wildman–Crippen LogP) is 0.600. The van der Waals surface area contributed by atoms with Crippen LogP contribution < -0.4 is 21.3 Å². The van der Waals surface area contributed by atoms with Gasteiger partial charge in [0.05, 0.1) is 6.54 Å². The number of nitrogens with zero attached hydrogens (tertiary/aromatic N) is 1. The summed E-state index contributed by atoms with van der Waals surface area (Å²) in [6, 6.07) is 0.151. The van der Waals surface area contributed by atoms with Gasteiger partial charge >= 0.3 is 0 Å². The second-order valence-electron chi connectivity index (χ2n) is 5.72. The monoisotopic (exact) mass is 439 g/mol. The van der Waals surface area contributed by atoms with E-state index < -0.39 is 0 Å². The van der Waals surface area contributed by atoms with Gasteiger partial charge in [0.1, 0.15) is 0 Å². The Labute approximate surface area is 155 Å². The Morgan fingerprint density at radius 1 is 1.13 bits per heavy atom. The Kier molecular flexibility index (Phi) is 11.8. The number of hydrogen-bond donors (Lipinski definition) is 4. The lowest BCUT2D eigenvalue weighted by atomic mass is 10.3. The van der Waals surface area contributed by atoms with Crippen LogP contribution in [0.5, 0.6) is 0 Å². The number of rotatable bonds is 9. The summed E-state index contributed by atoms with van der Waals surface area (Å²) in [5, 5.41) is 12.0. The van der Waals surface area contributed by atoms with Crippen LogP contribution in [0, 0.1) is 5.92 Å². The lowest BCUT2D eigenvalue weighted by molar-refractivity contribution is -0.122. The molecule has 0 heterocycles. The van der Waals surface area contributed by atoms with Crippen LogP contribution >= 0.6 is 24.0 Å². The Balaban J connectivity index is 0.00000484. The van der Waals surface area contributed by atoms with Gasteiger partial charge in [0.2, 0.25) is 11.8 Å². The summed E-state index contributed by atoms with van der Waals surface area (Å²) < 4.78 is 0. The van der Waals surface area contributed by atoms with Gasteiger partial charge in [0.25, 0.3) is 0 Å². The van der Waals surface area contributed by atoms with E-state index in [2.05, 4.69) is 26.3 Å². The Morgan fingerprint density at radius 3 is 2.35 bits per heavy atom. The van der Waals surface area contributed by atoms with E-state index >= 15 is 0 Å². The quantitative estimate of drug-likeness (QED) is 0.183. The molecule has 0 radical (unpaired) electrons. The van der Waals surface area contributed by atoms with Gasteiger partial charge in [-0.15, -0.1) is 24.0 Å². The van der Waals surface area contributed by atoms with Crippen LogP contribution in [-0.2, 0) is 9.59 Å². The normalized spacial score (nSPS) is 14.0. The van der Waals surface area contributed by atoms with E-state index in [1.807, 2.05) is 20.8 Å². The molecule has 0 atom stereocenters. The summed E-state index contributed by atoms with van der Waals surface area (Å²) in [4.78, 5) is 27.4. The first-order chi connectivity index (χ1) is 10.5. The van der Waals surface area contributed by atoms with Crippen LogP contribution in [0.4, 0.5) is 0 Å². The summed E-state index contributed by atoms with van der Waals surface area (Å²) in [6.45, 7) is 8.22. The fraction of sp³-hybridized carbons (Fsp3) is 0.800. The highest BCUT2D eigenvalue weighted by Crippen LogP contribution is 2.28. The largest absolute Gasteiger partial charge is 0.357 e. The van der Waals surface area contributed by atoms with Crippen LogP contribution in [0.1, 0.15) is 40.0 Å². The topological polar surface area (TPSA) is 94.6 Å². The number of carbonyl (C=O) groups is 2. The number of carbonyl (C=O) groups excluding carboxylic acids is 2. The number of hydrogen-bond acceptors (Lipinski definition) is 3. The van der Waals surface area contributed by atoms with Crippen LogP contribution in [0.3, 0.4) is 0 Å². The van der Waals surface area contributed by atoms with Crippen LogP contribution in [0.25, 0.3) is 0 Å². The molecular formula is C15H30IN5O2. The number of nitrogens with one attached hydrogen (secondary N) is 4. The minimum atomic E-state index is 0. The zero-order valence-corrected chi connectivity index (χ0v) is 16.6. The molecule has 0 aromatic rings. The number of amides is 2. The first-order valence-electron chi connectivity index (χ1n) is 8.12. The summed E-state index contributed by atoms with van der Waals surface area (Å²) in [7, 11) is 0. The maximum atomic E-state index is 11.5. The average Bonchev–Trinajstić information content (AvgIpc) is 3.26. The van der Waals surface area contributed by atoms with Crippen LogP contribution in [0.15, 0.2) is 4.99 Å². The molecule has 7 nitrogen and oxygen atoms in total. The van der Waals surface area contributed by atoms with E-state index in [1.165, 1.54) is 0 Å². The van der Waals surface area contributed by atoms with E-state index in [-0.39, 0.29) is 47.8 Å². The molecule has 0 bridgehead atoms. The minimum Gasteiger partial charge on any atom is -0.357 e. The molecule has 0 saturated heterocycles. The van der Waals surface area contributed by atoms with Gasteiger partial charge in [-0.1, -0.05) is 0 Å². The molecule has 0 spiro atoms. The molecule has 0 aliphatic heterocycles. The maximum absolute atomic E-state index is 11.5. The van der Waals surface area contributed by atoms with Crippen molar-refractivity contribution < 1.29 is 9.59 Å². The number of guanidine groups is 1. The lowest BCUT2D eigenvalue weighted by Gasteiger charge is -2.12. The molecule has 1 rings (SSSR count). The third kappa shape index (κ3) is 11.2. The second-order valence-corrected chi connectivity index (χ2v) is 5.72. The summed E-state index contributed by atoms with van der Waals surface area (Å²) in [5.74, 6) is 1.06. The highest BCUT2D eigenvalue weighted by atomic mass is 127. The van der Waals surface area contributed by atoms with E-state index in [1.54, 1.807) is 0 Å². The summed E-state index contributed by atoms with van der Waals surface area (Å²) >= 11 is 0. The van der Waals surface area contributed by atoms with Gasteiger partial charge in [-0.05, 0) is 33.6 Å². The molecule has 0 aromatic heterocycles. The van der Waals surface area contributed by atoms with E-state index in [0.717, 1.165) is 19.4 Å². The molecule has 2 amide bonds. The van der Waals surface area contributed by atoms with Gasteiger partial charge in [-0.3, -0.25) is 14.6 Å². The van der Waals surface area contributed by atoms with Gasteiger partial charge in [-0.25, -0.2) is 0 Å². The first-order valence-corrected chi connectivity index (χ1v) is 8.12. The third-order valence-corrected chi connectivity index (χ3v) is 3.07. The molecular weight excluding hydrogens is 409 g/mol. The van der Waals surface area contributed by atoms with Crippen molar-refractivity contribution in [3.05, 3.63) is 0 Å². The minimum absolute atomic E-state index is 0. The average molecular weight is 439 g/mol. The Bertz CT molecular complexity index is 397. The molecule has 134 valence electrons. The van der Waals surface area contributed by atoms with Crippen molar-refractivity contribution in [2.24, 2.45) is 10.9 Å². The number of aliphatic imine (C=N–C) groups is 1. The molecule has 1 aliphatic rings. The van der Waals surface area contributed by atoms with Gasteiger partial charge in [-0.2, -0.15) is 0 Å². The predicted molar refractivity (Wildman–Crippen MR) is 103 cm³/mol. The molecule has 4 N–H and O–H groups in total.